The summed E-state index contributed by atoms with van der Waals surface area (Å²) in [6, 6.07) is 1.39. The summed E-state index contributed by atoms with van der Waals surface area (Å²) in [5, 5.41) is 0. The predicted octanol–water partition coefficient (Wildman–Crippen LogP) is 2.56. The number of hydrogen-bond acceptors (Lipinski definition) is 3. The Kier molecular flexibility index (Phi) is 7.96. The van der Waals surface area contributed by atoms with Gasteiger partial charge >= 0.3 is 0 Å². The van der Waals surface area contributed by atoms with Crippen LogP contribution in [0, 0.1) is 5.92 Å². The molecule has 0 saturated carbocycles. The minimum absolute atomic E-state index is 0.694. The van der Waals surface area contributed by atoms with Gasteiger partial charge in [-0.25, -0.2) is 0 Å². The zero-order valence-electron chi connectivity index (χ0n) is 13.6. The first-order valence-corrected chi connectivity index (χ1v) is 8.22. The van der Waals surface area contributed by atoms with Gasteiger partial charge in [0.2, 0.25) is 0 Å². The van der Waals surface area contributed by atoms with Gasteiger partial charge in [0.05, 0.1) is 0 Å². The Hall–Kier alpha value is -0.120. The number of rotatable bonds is 8. The molecule has 0 amide bonds. The predicted molar refractivity (Wildman–Crippen MR) is 84.4 cm³/mol. The van der Waals surface area contributed by atoms with E-state index in [4.69, 9.17) is 5.73 Å². The standard InChI is InChI=1S/C16H35N3/c1-5-7-16(9-10-17)8-6-11-19-12-14(2)18(4)15(3)13-19/h14-16H,5-13,17H2,1-4H3. The molecule has 0 aromatic heterocycles. The summed E-state index contributed by atoms with van der Waals surface area (Å²) in [5.41, 5.74) is 5.71. The molecule has 3 nitrogen and oxygen atoms in total. The Labute approximate surface area is 120 Å². The first-order valence-electron chi connectivity index (χ1n) is 8.22. The van der Waals surface area contributed by atoms with Crippen LogP contribution in [0.25, 0.3) is 0 Å². The van der Waals surface area contributed by atoms with Crippen LogP contribution < -0.4 is 5.73 Å². The van der Waals surface area contributed by atoms with E-state index in [1.54, 1.807) is 0 Å². The summed E-state index contributed by atoms with van der Waals surface area (Å²) in [7, 11) is 2.26. The molecule has 0 spiro atoms. The third-order valence-corrected chi connectivity index (χ3v) is 4.79. The maximum Gasteiger partial charge on any atom is 0.0195 e. The molecule has 1 aliphatic heterocycles. The van der Waals surface area contributed by atoms with Crippen LogP contribution >= 0.6 is 0 Å². The van der Waals surface area contributed by atoms with E-state index in [1.807, 2.05) is 0 Å². The number of nitrogens with zero attached hydrogens (tertiary/aromatic N) is 2. The third kappa shape index (κ3) is 5.80. The molecule has 0 aromatic rings. The van der Waals surface area contributed by atoms with Crippen LogP contribution in [0.3, 0.4) is 0 Å². The zero-order valence-corrected chi connectivity index (χ0v) is 13.6. The van der Waals surface area contributed by atoms with E-state index >= 15 is 0 Å². The Morgan fingerprint density at radius 3 is 2.26 bits per heavy atom. The summed E-state index contributed by atoms with van der Waals surface area (Å²) in [5.74, 6) is 0.859. The van der Waals surface area contributed by atoms with Crippen molar-refractivity contribution in [1.82, 2.24) is 9.80 Å². The number of likely N-dealkylation sites (N-methyl/N-ethyl adjacent to an activating group) is 1. The maximum absolute atomic E-state index is 5.71. The summed E-state index contributed by atoms with van der Waals surface area (Å²) in [4.78, 5) is 5.16. The normalized spacial score (nSPS) is 27.6. The monoisotopic (exact) mass is 269 g/mol. The molecule has 3 atom stereocenters. The molecule has 1 rings (SSSR count). The number of nitrogens with two attached hydrogens (primary N) is 1. The summed E-state index contributed by atoms with van der Waals surface area (Å²) in [6.45, 7) is 11.6. The highest BCUT2D eigenvalue weighted by Gasteiger charge is 2.25. The van der Waals surface area contributed by atoms with Crippen molar-refractivity contribution >= 4 is 0 Å². The van der Waals surface area contributed by atoms with Gasteiger partial charge in [-0.15, -0.1) is 0 Å². The molecule has 2 N–H and O–H groups in total. The van der Waals surface area contributed by atoms with Crippen LogP contribution in [0.15, 0.2) is 0 Å². The van der Waals surface area contributed by atoms with Crippen LogP contribution in [0.5, 0.6) is 0 Å². The average molecular weight is 269 g/mol. The van der Waals surface area contributed by atoms with Gasteiger partial charge in [0.15, 0.2) is 0 Å². The molecule has 1 fully saturated rings. The molecule has 1 saturated heterocycles. The molecule has 3 heteroatoms. The van der Waals surface area contributed by atoms with Crippen molar-refractivity contribution in [3.8, 4) is 0 Å². The van der Waals surface area contributed by atoms with Gasteiger partial charge in [0.25, 0.3) is 0 Å². The minimum atomic E-state index is 0.694. The fraction of sp³-hybridized carbons (Fsp3) is 1.00. The van der Waals surface area contributed by atoms with Gasteiger partial charge in [-0.05, 0) is 59.2 Å². The SMILES string of the molecule is CCCC(CCN)CCCN1CC(C)N(C)C(C)C1. The zero-order chi connectivity index (χ0) is 14.3. The highest BCUT2D eigenvalue weighted by Crippen LogP contribution is 2.19. The lowest BCUT2D eigenvalue weighted by molar-refractivity contribution is 0.0583. The minimum Gasteiger partial charge on any atom is -0.330 e. The van der Waals surface area contributed by atoms with Crippen molar-refractivity contribution < 1.29 is 0 Å². The largest absolute Gasteiger partial charge is 0.330 e. The number of piperazine rings is 1. The Balaban J connectivity index is 2.24. The van der Waals surface area contributed by atoms with Crippen LogP contribution in [-0.2, 0) is 0 Å². The Morgan fingerprint density at radius 1 is 1.11 bits per heavy atom. The topological polar surface area (TPSA) is 32.5 Å². The number of hydrogen-bond donors (Lipinski definition) is 1. The third-order valence-electron chi connectivity index (χ3n) is 4.79. The molecule has 1 heterocycles. The smallest absolute Gasteiger partial charge is 0.0195 e. The molecule has 0 radical (unpaired) electrons. The van der Waals surface area contributed by atoms with Gasteiger partial charge in [-0.2, -0.15) is 0 Å². The summed E-state index contributed by atoms with van der Waals surface area (Å²) in [6.07, 6.45) is 6.57. The summed E-state index contributed by atoms with van der Waals surface area (Å²) >= 11 is 0. The fourth-order valence-electron chi connectivity index (χ4n) is 3.38. The lowest BCUT2D eigenvalue weighted by Crippen LogP contribution is -2.54. The first kappa shape index (κ1) is 16.9. The molecular weight excluding hydrogens is 234 g/mol. The van der Waals surface area contributed by atoms with Crippen LogP contribution in [0.2, 0.25) is 0 Å². The van der Waals surface area contributed by atoms with Crippen LogP contribution in [-0.4, -0.2) is 55.1 Å². The highest BCUT2D eigenvalue weighted by atomic mass is 15.3. The van der Waals surface area contributed by atoms with E-state index < -0.39 is 0 Å². The second kappa shape index (κ2) is 8.93. The molecule has 114 valence electrons. The van der Waals surface area contributed by atoms with E-state index in [0.29, 0.717) is 12.1 Å². The van der Waals surface area contributed by atoms with Gasteiger partial charge in [0.1, 0.15) is 0 Å². The van der Waals surface area contributed by atoms with E-state index in [0.717, 1.165) is 12.5 Å². The molecular formula is C16H35N3. The van der Waals surface area contributed by atoms with Crippen molar-refractivity contribution in [3.63, 3.8) is 0 Å². The fourth-order valence-corrected chi connectivity index (χ4v) is 3.38. The quantitative estimate of drug-likeness (QED) is 0.735. The second-order valence-electron chi connectivity index (χ2n) is 6.50. The summed E-state index contributed by atoms with van der Waals surface area (Å²) < 4.78 is 0. The molecule has 0 aliphatic carbocycles. The van der Waals surface area contributed by atoms with Crippen molar-refractivity contribution in [1.29, 1.82) is 0 Å². The van der Waals surface area contributed by atoms with Gasteiger partial charge in [-0.1, -0.05) is 19.8 Å². The van der Waals surface area contributed by atoms with Crippen molar-refractivity contribution in [2.45, 2.75) is 65.0 Å². The van der Waals surface area contributed by atoms with E-state index in [1.165, 1.54) is 51.7 Å². The lowest BCUT2D eigenvalue weighted by atomic mass is 9.94. The molecule has 1 aliphatic rings. The average Bonchev–Trinajstić information content (AvgIpc) is 2.36. The molecule has 3 unspecified atom stereocenters. The second-order valence-corrected chi connectivity index (χ2v) is 6.50. The van der Waals surface area contributed by atoms with Gasteiger partial charge < -0.3 is 10.6 Å². The van der Waals surface area contributed by atoms with Crippen molar-refractivity contribution in [2.75, 3.05) is 33.2 Å². The van der Waals surface area contributed by atoms with E-state index in [9.17, 15) is 0 Å². The van der Waals surface area contributed by atoms with Gasteiger partial charge in [-0.3, -0.25) is 4.90 Å². The Bertz CT molecular complexity index is 214. The van der Waals surface area contributed by atoms with Gasteiger partial charge in [0, 0.05) is 25.2 Å². The van der Waals surface area contributed by atoms with Crippen molar-refractivity contribution in [2.24, 2.45) is 11.7 Å². The maximum atomic E-state index is 5.71. The van der Waals surface area contributed by atoms with Crippen LogP contribution in [0.1, 0.15) is 52.9 Å². The Morgan fingerprint density at radius 2 is 1.74 bits per heavy atom. The highest BCUT2D eigenvalue weighted by molar-refractivity contribution is 4.82. The lowest BCUT2D eigenvalue weighted by Gasteiger charge is -2.42. The van der Waals surface area contributed by atoms with E-state index in [2.05, 4.69) is 37.6 Å². The van der Waals surface area contributed by atoms with E-state index in [-0.39, 0.29) is 0 Å². The van der Waals surface area contributed by atoms with Crippen LogP contribution in [0.4, 0.5) is 0 Å². The molecule has 0 bridgehead atoms. The molecule has 0 aromatic carbocycles. The molecule has 19 heavy (non-hydrogen) atoms. The van der Waals surface area contributed by atoms with Crippen molar-refractivity contribution in [3.05, 3.63) is 0 Å². The first-order chi connectivity index (χ1) is 9.08.